The minimum absolute atomic E-state index is 0.0174. The molecule has 2 heterocycles. The highest BCUT2D eigenvalue weighted by Crippen LogP contribution is 2.41. The standard InChI is InChI=1S/C25H29ClN2O3/c26-20-13-17(14-22-24(20)31-16-30-22)15-27-23-12-11-21(18-7-3-1-4-8-18)28(23)25(29)19-9-5-2-6-10-19/h1,3-4,7-8,13-14,19,21,23,27H,2,5-6,9-12,15-16H2. The summed E-state index contributed by atoms with van der Waals surface area (Å²) in [7, 11) is 0. The summed E-state index contributed by atoms with van der Waals surface area (Å²) in [5.74, 6) is 1.77. The molecule has 1 saturated heterocycles. The first kappa shape index (κ1) is 20.7. The van der Waals surface area contributed by atoms with Crippen molar-refractivity contribution in [2.75, 3.05) is 6.79 Å². The van der Waals surface area contributed by atoms with Gasteiger partial charge < -0.3 is 14.4 Å². The number of benzene rings is 2. The molecule has 2 aliphatic heterocycles. The molecule has 2 fully saturated rings. The van der Waals surface area contributed by atoms with E-state index in [2.05, 4.69) is 34.5 Å². The number of ether oxygens (including phenoxy) is 2. The fourth-order valence-corrected chi connectivity index (χ4v) is 5.53. The molecule has 2 aromatic carbocycles. The van der Waals surface area contributed by atoms with Crippen LogP contribution in [0, 0.1) is 5.92 Å². The molecule has 31 heavy (non-hydrogen) atoms. The number of hydrogen-bond donors (Lipinski definition) is 1. The van der Waals surface area contributed by atoms with Gasteiger partial charge in [0.15, 0.2) is 11.5 Å². The monoisotopic (exact) mass is 440 g/mol. The molecule has 2 atom stereocenters. The number of nitrogens with one attached hydrogen (secondary N) is 1. The Hall–Kier alpha value is -2.24. The first-order valence-electron chi connectivity index (χ1n) is 11.4. The average Bonchev–Trinajstić information content (AvgIpc) is 3.46. The highest BCUT2D eigenvalue weighted by molar-refractivity contribution is 6.32. The number of nitrogens with zero attached hydrogens (tertiary/aromatic N) is 1. The van der Waals surface area contributed by atoms with Crippen LogP contribution in [0.25, 0.3) is 0 Å². The van der Waals surface area contributed by atoms with Gasteiger partial charge in [-0.15, -0.1) is 0 Å². The van der Waals surface area contributed by atoms with E-state index in [0.29, 0.717) is 29.0 Å². The molecular formula is C25H29ClN2O3. The zero-order valence-corrected chi connectivity index (χ0v) is 18.4. The maximum atomic E-state index is 13.6. The third-order valence-corrected chi connectivity index (χ3v) is 7.09. The van der Waals surface area contributed by atoms with Crippen molar-refractivity contribution in [2.45, 2.75) is 63.7 Å². The van der Waals surface area contributed by atoms with Gasteiger partial charge in [-0.2, -0.15) is 0 Å². The van der Waals surface area contributed by atoms with Gasteiger partial charge in [0.2, 0.25) is 12.7 Å². The molecule has 3 aliphatic rings. The second-order valence-electron chi connectivity index (χ2n) is 8.79. The van der Waals surface area contributed by atoms with Crippen molar-refractivity contribution in [3.63, 3.8) is 0 Å². The summed E-state index contributed by atoms with van der Waals surface area (Å²) in [6.45, 7) is 0.827. The van der Waals surface area contributed by atoms with Crippen molar-refractivity contribution in [3.05, 3.63) is 58.6 Å². The van der Waals surface area contributed by atoms with Crippen molar-refractivity contribution in [2.24, 2.45) is 5.92 Å². The van der Waals surface area contributed by atoms with Gasteiger partial charge in [-0.05, 0) is 48.9 Å². The van der Waals surface area contributed by atoms with Gasteiger partial charge in [0, 0.05) is 12.5 Å². The van der Waals surface area contributed by atoms with Crippen LogP contribution in [0.1, 0.15) is 62.1 Å². The lowest BCUT2D eigenvalue weighted by Gasteiger charge is -2.35. The molecule has 1 amide bonds. The van der Waals surface area contributed by atoms with Crippen LogP contribution in [-0.2, 0) is 11.3 Å². The number of carbonyl (C=O) groups excluding carboxylic acids is 1. The fourth-order valence-electron chi connectivity index (χ4n) is 5.24. The lowest BCUT2D eigenvalue weighted by atomic mass is 9.88. The Kier molecular flexibility index (Phi) is 6.06. The highest BCUT2D eigenvalue weighted by Gasteiger charge is 2.40. The zero-order valence-electron chi connectivity index (χ0n) is 17.7. The van der Waals surface area contributed by atoms with E-state index in [1.54, 1.807) is 0 Å². The Morgan fingerprint density at radius 1 is 1.03 bits per heavy atom. The van der Waals surface area contributed by atoms with E-state index >= 15 is 0 Å². The number of likely N-dealkylation sites (tertiary alicyclic amines) is 1. The van der Waals surface area contributed by atoms with Gasteiger partial charge in [-0.25, -0.2) is 0 Å². The Bertz CT molecular complexity index is 930. The molecule has 2 aromatic rings. The first-order chi connectivity index (χ1) is 15.2. The molecule has 0 spiro atoms. The van der Waals surface area contributed by atoms with Crippen molar-refractivity contribution in [1.82, 2.24) is 10.2 Å². The van der Waals surface area contributed by atoms with Crippen LogP contribution in [0.4, 0.5) is 0 Å². The minimum Gasteiger partial charge on any atom is -0.454 e. The van der Waals surface area contributed by atoms with Crippen molar-refractivity contribution in [3.8, 4) is 11.5 Å². The molecular weight excluding hydrogens is 412 g/mol. The largest absolute Gasteiger partial charge is 0.454 e. The smallest absolute Gasteiger partial charge is 0.231 e. The Labute approximate surface area is 188 Å². The first-order valence-corrected chi connectivity index (χ1v) is 11.8. The van der Waals surface area contributed by atoms with E-state index in [9.17, 15) is 4.79 Å². The van der Waals surface area contributed by atoms with Crippen LogP contribution in [0.15, 0.2) is 42.5 Å². The number of hydrogen-bond acceptors (Lipinski definition) is 4. The van der Waals surface area contributed by atoms with Crippen LogP contribution in [0.2, 0.25) is 5.02 Å². The molecule has 1 aliphatic carbocycles. The highest BCUT2D eigenvalue weighted by atomic mass is 35.5. The SMILES string of the molecule is O=C(C1CCCCC1)N1C(NCc2cc(Cl)c3c(c2)OCO3)CCC1c1ccccc1. The van der Waals surface area contributed by atoms with Crippen molar-refractivity contribution in [1.29, 1.82) is 0 Å². The van der Waals surface area contributed by atoms with Gasteiger partial charge in [-0.1, -0.05) is 61.2 Å². The summed E-state index contributed by atoms with van der Waals surface area (Å²) < 4.78 is 10.9. The lowest BCUT2D eigenvalue weighted by molar-refractivity contribution is -0.140. The summed E-state index contributed by atoms with van der Waals surface area (Å²) in [6.07, 6.45) is 7.53. The van der Waals surface area contributed by atoms with E-state index in [1.807, 2.05) is 18.2 Å². The summed E-state index contributed by atoms with van der Waals surface area (Å²) >= 11 is 6.36. The van der Waals surface area contributed by atoms with Crippen LogP contribution >= 0.6 is 11.6 Å². The minimum atomic E-state index is 0.0174. The predicted octanol–water partition coefficient (Wildman–Crippen LogP) is 5.43. The molecule has 0 radical (unpaired) electrons. The maximum Gasteiger partial charge on any atom is 0.231 e. The van der Waals surface area contributed by atoms with E-state index in [1.165, 1.54) is 12.0 Å². The molecule has 5 nitrogen and oxygen atoms in total. The number of halogens is 1. The number of amides is 1. The third-order valence-electron chi connectivity index (χ3n) is 6.81. The van der Waals surface area contributed by atoms with E-state index in [-0.39, 0.29) is 24.9 Å². The van der Waals surface area contributed by atoms with Crippen LogP contribution in [0.3, 0.4) is 0 Å². The quantitative estimate of drug-likeness (QED) is 0.673. The maximum absolute atomic E-state index is 13.6. The second kappa shape index (κ2) is 9.09. The van der Waals surface area contributed by atoms with E-state index < -0.39 is 0 Å². The van der Waals surface area contributed by atoms with Crippen LogP contribution in [-0.4, -0.2) is 23.8 Å². The summed E-state index contributed by atoms with van der Waals surface area (Å²) in [4.78, 5) is 15.8. The summed E-state index contributed by atoms with van der Waals surface area (Å²) in [6, 6.07) is 14.5. The van der Waals surface area contributed by atoms with E-state index in [4.69, 9.17) is 21.1 Å². The summed E-state index contributed by atoms with van der Waals surface area (Å²) in [5, 5.41) is 4.20. The predicted molar refractivity (Wildman–Crippen MR) is 120 cm³/mol. The van der Waals surface area contributed by atoms with Gasteiger partial charge in [0.25, 0.3) is 0 Å². The molecule has 6 heteroatoms. The topological polar surface area (TPSA) is 50.8 Å². The molecule has 164 valence electrons. The van der Waals surface area contributed by atoms with Crippen LogP contribution < -0.4 is 14.8 Å². The zero-order chi connectivity index (χ0) is 21.2. The molecule has 1 N–H and O–H groups in total. The summed E-state index contributed by atoms with van der Waals surface area (Å²) in [5.41, 5.74) is 2.25. The number of carbonyl (C=O) groups is 1. The number of fused-ring (bicyclic) bond motifs is 1. The molecule has 0 bridgehead atoms. The Morgan fingerprint density at radius 3 is 2.65 bits per heavy atom. The van der Waals surface area contributed by atoms with Crippen molar-refractivity contribution < 1.29 is 14.3 Å². The molecule has 1 saturated carbocycles. The van der Waals surface area contributed by atoms with Gasteiger partial charge in [0.1, 0.15) is 0 Å². The third kappa shape index (κ3) is 4.26. The van der Waals surface area contributed by atoms with E-state index in [0.717, 1.165) is 44.1 Å². The lowest BCUT2D eigenvalue weighted by Crippen LogP contribution is -2.48. The second-order valence-corrected chi connectivity index (χ2v) is 9.20. The van der Waals surface area contributed by atoms with Crippen LogP contribution in [0.5, 0.6) is 11.5 Å². The molecule has 2 unspecified atom stereocenters. The Balaban J connectivity index is 1.35. The molecule has 0 aromatic heterocycles. The van der Waals surface area contributed by atoms with Crippen molar-refractivity contribution >= 4 is 17.5 Å². The molecule has 5 rings (SSSR count). The fraction of sp³-hybridized carbons (Fsp3) is 0.480. The van der Waals surface area contributed by atoms with Gasteiger partial charge >= 0.3 is 0 Å². The average molecular weight is 441 g/mol. The van der Waals surface area contributed by atoms with Gasteiger partial charge in [-0.3, -0.25) is 10.1 Å². The Morgan fingerprint density at radius 2 is 1.84 bits per heavy atom. The number of rotatable bonds is 5. The van der Waals surface area contributed by atoms with Gasteiger partial charge in [0.05, 0.1) is 17.2 Å². The normalized spacial score (nSPS) is 23.3.